The number of hydrogen-bond acceptors (Lipinski definition) is 5. The lowest BCUT2D eigenvalue weighted by atomic mass is 10.0. The molecule has 0 radical (unpaired) electrons. The van der Waals surface area contributed by atoms with Crippen molar-refractivity contribution in [1.82, 2.24) is 14.8 Å². The number of methoxy groups -OCH3 is 1. The second-order valence-corrected chi connectivity index (χ2v) is 8.42. The van der Waals surface area contributed by atoms with Gasteiger partial charge in [-0.15, -0.1) is 0 Å². The lowest BCUT2D eigenvalue weighted by molar-refractivity contribution is 0.0825. The highest BCUT2D eigenvalue weighted by atomic mass is 19.1. The fourth-order valence-electron chi connectivity index (χ4n) is 4.38. The standard InChI is InChI=1S/C22H29FN4O3/c1-24-13-6-5-9-26(11-13)19-17(23)10-15-18(21(19)30-4)27(14-7-8-14)12-16(20(15)28)22(29)25(2)3/h10,12-14,24H,5-9,11H2,1-4H3. The summed E-state index contributed by atoms with van der Waals surface area (Å²) in [5.41, 5.74) is 0.562. The Hall–Kier alpha value is -2.61. The molecular formula is C22H29FN4O3. The molecule has 8 heteroatoms. The van der Waals surface area contributed by atoms with Crippen LogP contribution in [0.25, 0.3) is 10.9 Å². The highest BCUT2D eigenvalue weighted by Crippen LogP contribution is 2.44. The lowest BCUT2D eigenvalue weighted by Crippen LogP contribution is -2.45. The smallest absolute Gasteiger partial charge is 0.258 e. The van der Waals surface area contributed by atoms with E-state index in [9.17, 15) is 9.59 Å². The third-order valence-corrected chi connectivity index (χ3v) is 6.13. The third kappa shape index (κ3) is 3.43. The van der Waals surface area contributed by atoms with Crippen molar-refractivity contribution in [3.63, 3.8) is 0 Å². The van der Waals surface area contributed by atoms with Gasteiger partial charge in [0.15, 0.2) is 11.6 Å². The maximum absolute atomic E-state index is 15.4. The van der Waals surface area contributed by atoms with Crippen LogP contribution in [-0.2, 0) is 0 Å². The van der Waals surface area contributed by atoms with Gasteiger partial charge >= 0.3 is 0 Å². The number of fused-ring (bicyclic) bond motifs is 1. The quantitative estimate of drug-likeness (QED) is 0.811. The van der Waals surface area contributed by atoms with Crippen molar-refractivity contribution < 1.29 is 13.9 Å². The van der Waals surface area contributed by atoms with Crippen LogP contribution in [0.2, 0.25) is 0 Å². The summed E-state index contributed by atoms with van der Waals surface area (Å²) in [6.45, 7) is 1.39. The first kappa shape index (κ1) is 20.7. The maximum Gasteiger partial charge on any atom is 0.258 e. The lowest BCUT2D eigenvalue weighted by Gasteiger charge is -2.35. The topological polar surface area (TPSA) is 66.8 Å². The van der Waals surface area contributed by atoms with Gasteiger partial charge in [0.2, 0.25) is 5.43 Å². The van der Waals surface area contributed by atoms with Crippen LogP contribution in [0.5, 0.6) is 5.75 Å². The minimum Gasteiger partial charge on any atom is -0.492 e. The van der Waals surface area contributed by atoms with Crippen molar-refractivity contribution in [2.45, 2.75) is 37.8 Å². The zero-order valence-corrected chi connectivity index (χ0v) is 18.0. The van der Waals surface area contributed by atoms with Gasteiger partial charge in [0.05, 0.1) is 18.0 Å². The van der Waals surface area contributed by atoms with Crippen molar-refractivity contribution >= 4 is 22.5 Å². The molecule has 1 saturated carbocycles. The SMILES string of the molecule is CNC1CCCN(c2c(F)cc3c(=O)c(C(=O)N(C)C)cn(C4CC4)c3c2OC)C1. The molecule has 2 aliphatic rings. The van der Waals surface area contributed by atoms with E-state index in [2.05, 4.69) is 5.32 Å². The van der Waals surface area contributed by atoms with E-state index in [-0.39, 0.29) is 28.9 Å². The predicted molar refractivity (Wildman–Crippen MR) is 115 cm³/mol. The molecule has 162 valence electrons. The van der Waals surface area contributed by atoms with Crippen LogP contribution in [0.4, 0.5) is 10.1 Å². The zero-order valence-electron chi connectivity index (χ0n) is 18.0. The highest BCUT2D eigenvalue weighted by molar-refractivity contribution is 5.99. The second-order valence-electron chi connectivity index (χ2n) is 8.42. The van der Waals surface area contributed by atoms with Gasteiger partial charge in [-0.25, -0.2) is 4.39 Å². The molecule has 30 heavy (non-hydrogen) atoms. The van der Waals surface area contributed by atoms with E-state index in [1.54, 1.807) is 20.3 Å². The number of piperidine rings is 1. The number of nitrogens with one attached hydrogen (secondary N) is 1. The van der Waals surface area contributed by atoms with Gasteiger partial charge in [0, 0.05) is 45.5 Å². The Morgan fingerprint density at radius 1 is 1.30 bits per heavy atom. The number of hydrogen-bond donors (Lipinski definition) is 1. The number of carbonyl (C=O) groups is 1. The number of amides is 1. The number of nitrogens with zero attached hydrogens (tertiary/aromatic N) is 3. The molecule has 1 aromatic heterocycles. The number of aromatic nitrogens is 1. The summed E-state index contributed by atoms with van der Waals surface area (Å²) in [6.07, 6.45) is 5.51. The molecule has 2 heterocycles. The Morgan fingerprint density at radius 3 is 2.63 bits per heavy atom. The van der Waals surface area contributed by atoms with Gasteiger partial charge in [0.1, 0.15) is 11.3 Å². The van der Waals surface area contributed by atoms with Crippen molar-refractivity contribution in [1.29, 1.82) is 0 Å². The zero-order chi connectivity index (χ0) is 21.6. The van der Waals surface area contributed by atoms with Crippen LogP contribution in [0, 0.1) is 5.82 Å². The summed E-state index contributed by atoms with van der Waals surface area (Å²) in [7, 11) is 6.63. The first-order valence-electron chi connectivity index (χ1n) is 10.5. The number of likely N-dealkylation sites (N-methyl/N-ethyl adjacent to an activating group) is 1. The molecule has 1 amide bonds. The average Bonchev–Trinajstić information content (AvgIpc) is 3.58. The minimum atomic E-state index is -0.495. The molecule has 1 unspecified atom stereocenters. The van der Waals surface area contributed by atoms with Crippen LogP contribution >= 0.6 is 0 Å². The van der Waals surface area contributed by atoms with E-state index >= 15 is 4.39 Å². The van der Waals surface area contributed by atoms with Crippen LogP contribution in [0.1, 0.15) is 42.1 Å². The van der Waals surface area contributed by atoms with Crippen LogP contribution in [0.15, 0.2) is 17.1 Å². The number of ether oxygens (including phenoxy) is 1. The van der Waals surface area contributed by atoms with E-state index in [1.807, 2.05) is 16.5 Å². The minimum absolute atomic E-state index is 0.0572. The van der Waals surface area contributed by atoms with Crippen molar-refractivity contribution in [3.05, 3.63) is 33.9 Å². The average molecular weight is 416 g/mol. The first-order chi connectivity index (χ1) is 14.4. The summed E-state index contributed by atoms with van der Waals surface area (Å²) >= 11 is 0. The normalized spacial score (nSPS) is 19.2. The Morgan fingerprint density at radius 2 is 2.03 bits per heavy atom. The Kier molecular flexibility index (Phi) is 5.44. The molecule has 1 saturated heterocycles. The van der Waals surface area contributed by atoms with Crippen molar-refractivity contribution in [2.75, 3.05) is 46.2 Å². The number of anilines is 1. The molecule has 0 spiro atoms. The van der Waals surface area contributed by atoms with Gasteiger partial charge in [-0.3, -0.25) is 9.59 Å². The number of rotatable bonds is 5. The molecule has 4 rings (SSSR count). The number of halogens is 1. The summed E-state index contributed by atoms with van der Waals surface area (Å²) in [5.74, 6) is -0.507. The number of pyridine rings is 1. The number of benzene rings is 1. The largest absolute Gasteiger partial charge is 0.492 e. The van der Waals surface area contributed by atoms with Crippen LogP contribution in [-0.4, -0.2) is 62.8 Å². The third-order valence-electron chi connectivity index (χ3n) is 6.13. The van der Waals surface area contributed by atoms with E-state index in [0.29, 0.717) is 23.5 Å². The molecule has 1 aliphatic carbocycles. The molecule has 1 aliphatic heterocycles. The molecule has 7 nitrogen and oxygen atoms in total. The number of carbonyl (C=O) groups excluding carboxylic acids is 1. The monoisotopic (exact) mass is 416 g/mol. The van der Waals surface area contributed by atoms with Gasteiger partial charge in [0.25, 0.3) is 5.91 Å². The summed E-state index contributed by atoms with van der Waals surface area (Å²) in [4.78, 5) is 29.1. The van der Waals surface area contributed by atoms with Crippen LogP contribution in [0.3, 0.4) is 0 Å². The molecule has 1 aromatic carbocycles. The van der Waals surface area contributed by atoms with Crippen molar-refractivity contribution in [2.24, 2.45) is 0 Å². The van der Waals surface area contributed by atoms with Gasteiger partial charge < -0.3 is 24.4 Å². The first-order valence-corrected chi connectivity index (χ1v) is 10.5. The predicted octanol–water partition coefficient (Wildman–Crippen LogP) is 2.37. The van der Waals surface area contributed by atoms with E-state index in [4.69, 9.17) is 4.74 Å². The molecule has 1 N–H and O–H groups in total. The Bertz CT molecular complexity index is 1050. The summed E-state index contributed by atoms with van der Waals surface area (Å²) in [5, 5.41) is 3.46. The molecule has 2 aromatic rings. The summed E-state index contributed by atoms with van der Waals surface area (Å²) < 4.78 is 23.1. The van der Waals surface area contributed by atoms with E-state index < -0.39 is 11.2 Å². The highest BCUT2D eigenvalue weighted by Gasteiger charge is 2.32. The van der Waals surface area contributed by atoms with Crippen LogP contribution < -0.4 is 20.4 Å². The fraction of sp³-hybridized carbons (Fsp3) is 0.545. The van der Waals surface area contributed by atoms with Crippen molar-refractivity contribution in [3.8, 4) is 5.75 Å². The molecule has 2 fully saturated rings. The second kappa shape index (κ2) is 7.91. The molecular weight excluding hydrogens is 387 g/mol. The van der Waals surface area contributed by atoms with Gasteiger partial charge in [-0.1, -0.05) is 0 Å². The Labute approximate surface area is 175 Å². The van der Waals surface area contributed by atoms with Gasteiger partial charge in [-0.05, 0) is 38.8 Å². The Balaban J connectivity index is 1.98. The maximum atomic E-state index is 15.4. The fourth-order valence-corrected chi connectivity index (χ4v) is 4.38. The van der Waals surface area contributed by atoms with Gasteiger partial charge in [-0.2, -0.15) is 0 Å². The molecule has 1 atom stereocenters. The van der Waals surface area contributed by atoms with E-state index in [1.165, 1.54) is 18.1 Å². The summed E-state index contributed by atoms with van der Waals surface area (Å²) in [6, 6.07) is 1.73. The molecule has 0 bridgehead atoms. The van der Waals surface area contributed by atoms with E-state index in [0.717, 1.165) is 32.2 Å².